The van der Waals surface area contributed by atoms with Crippen LogP contribution in [0.5, 0.6) is 5.75 Å². The number of rotatable bonds is 26. The molecule has 3 aromatic rings. The van der Waals surface area contributed by atoms with E-state index in [4.69, 9.17) is 14.9 Å². The number of methoxy groups -OCH3 is 1. The number of unbranched alkanes of at least 4 members (excludes halogenated alkanes) is 11. The van der Waals surface area contributed by atoms with Gasteiger partial charge >= 0.3 is 0 Å². The van der Waals surface area contributed by atoms with Gasteiger partial charge < -0.3 is 30.1 Å². The molecular formula is C47H75F2N5O5. The number of allylic oxidation sites excluding steroid dienone is 1. The highest BCUT2D eigenvalue weighted by molar-refractivity contribution is 5.91. The first-order chi connectivity index (χ1) is 28.4. The summed E-state index contributed by atoms with van der Waals surface area (Å²) >= 11 is 0. The van der Waals surface area contributed by atoms with Crippen molar-refractivity contribution in [3.63, 3.8) is 0 Å². The van der Waals surface area contributed by atoms with Crippen LogP contribution in [0.3, 0.4) is 0 Å². The maximum atomic E-state index is 14.9. The summed E-state index contributed by atoms with van der Waals surface area (Å²) in [5, 5.41) is 23.7. The number of hydrogen-bond donors (Lipinski definition) is 3. The van der Waals surface area contributed by atoms with Crippen LogP contribution in [0.1, 0.15) is 141 Å². The molecule has 332 valence electrons. The molecule has 0 fully saturated rings. The molecule has 1 amide bonds. The number of ether oxygens (including phenoxy) is 1. The van der Waals surface area contributed by atoms with Crippen molar-refractivity contribution in [2.75, 3.05) is 57.3 Å². The Kier molecular flexibility index (Phi) is 27.4. The zero-order chi connectivity index (χ0) is 44.2. The van der Waals surface area contributed by atoms with Crippen LogP contribution in [0.4, 0.5) is 25.8 Å². The summed E-state index contributed by atoms with van der Waals surface area (Å²) in [5.41, 5.74) is 5.03. The van der Waals surface area contributed by atoms with Crippen molar-refractivity contribution >= 4 is 35.3 Å². The van der Waals surface area contributed by atoms with E-state index in [0.29, 0.717) is 47.8 Å². The fraction of sp³-hybridized carbons (Fsp3) is 0.596. The summed E-state index contributed by atoms with van der Waals surface area (Å²) in [6.07, 6.45) is 17.7. The molecule has 0 aliphatic rings. The number of aliphatic hydroxyl groups is 2. The fourth-order valence-electron chi connectivity index (χ4n) is 6.77. The van der Waals surface area contributed by atoms with Gasteiger partial charge in [0, 0.05) is 86.8 Å². The molecular weight excluding hydrogens is 753 g/mol. The number of carbonyl (C=O) groups excluding carboxylic acids is 2. The first-order valence-corrected chi connectivity index (χ1v) is 21.7. The standard InChI is InChI=1S/C43H63F2N5O4.C2H6O.C2H6/c1-7-21-50(41-26-35(54-6)25-40(48(4)5)38(41)23-32(2)31-52)39-27-37(43(44)45)36(24-33(39)3)34-28-47-49(29-34)30-42(53)46-20-18-16-14-12-10-8-9-11-13-15-17-19-22-51;1-2-3;1-2/h23-29,31,43,51H,7-22,30H2,1-6H3,(H,46,53);3H,2H2,1H3;1-2H3/b32-23-;;. The van der Waals surface area contributed by atoms with E-state index in [1.807, 2.05) is 69.8 Å². The van der Waals surface area contributed by atoms with E-state index in [2.05, 4.69) is 10.4 Å². The Hall–Kier alpha value is -4.29. The number of nitrogens with zero attached hydrogens (tertiary/aromatic N) is 4. The summed E-state index contributed by atoms with van der Waals surface area (Å²) in [5.74, 6) is 0.444. The highest BCUT2D eigenvalue weighted by atomic mass is 19.3. The van der Waals surface area contributed by atoms with Gasteiger partial charge in [-0.1, -0.05) is 85.0 Å². The van der Waals surface area contributed by atoms with E-state index < -0.39 is 6.43 Å². The number of benzene rings is 2. The van der Waals surface area contributed by atoms with Crippen LogP contribution < -0.4 is 19.9 Å². The molecule has 0 saturated carbocycles. The van der Waals surface area contributed by atoms with Crippen LogP contribution in [-0.4, -0.2) is 79.7 Å². The molecule has 0 bridgehead atoms. The summed E-state index contributed by atoms with van der Waals surface area (Å²) in [6, 6.07) is 7.09. The lowest BCUT2D eigenvalue weighted by atomic mass is 9.97. The van der Waals surface area contributed by atoms with Crippen molar-refractivity contribution in [2.24, 2.45) is 0 Å². The molecule has 1 aromatic heterocycles. The van der Waals surface area contributed by atoms with Gasteiger partial charge in [-0.15, -0.1) is 0 Å². The monoisotopic (exact) mass is 828 g/mol. The maximum absolute atomic E-state index is 14.9. The third-order valence-corrected chi connectivity index (χ3v) is 9.67. The van der Waals surface area contributed by atoms with Crippen molar-refractivity contribution in [1.29, 1.82) is 0 Å². The smallest absolute Gasteiger partial charge is 0.264 e. The lowest BCUT2D eigenvalue weighted by Crippen LogP contribution is -2.28. The van der Waals surface area contributed by atoms with E-state index >= 15 is 0 Å². The molecule has 0 spiro atoms. The van der Waals surface area contributed by atoms with E-state index in [1.165, 1.54) is 55.8 Å². The Morgan fingerprint density at radius 1 is 0.898 bits per heavy atom. The third-order valence-electron chi connectivity index (χ3n) is 9.67. The predicted molar refractivity (Wildman–Crippen MR) is 241 cm³/mol. The van der Waals surface area contributed by atoms with E-state index in [9.17, 15) is 18.4 Å². The fourth-order valence-corrected chi connectivity index (χ4v) is 6.77. The van der Waals surface area contributed by atoms with Crippen LogP contribution in [0, 0.1) is 6.92 Å². The number of aliphatic hydroxyl groups excluding tert-OH is 2. The molecule has 3 rings (SSSR count). The average Bonchev–Trinajstić information content (AvgIpc) is 3.69. The minimum absolute atomic E-state index is 0.00586. The molecule has 2 aromatic carbocycles. The van der Waals surface area contributed by atoms with Gasteiger partial charge in [0.05, 0.1) is 19.0 Å². The first-order valence-electron chi connectivity index (χ1n) is 21.7. The Balaban J connectivity index is 0.00000332. The largest absolute Gasteiger partial charge is 0.497 e. The van der Waals surface area contributed by atoms with Gasteiger partial charge in [0.15, 0.2) is 0 Å². The lowest BCUT2D eigenvalue weighted by molar-refractivity contribution is -0.121. The molecule has 0 atom stereocenters. The van der Waals surface area contributed by atoms with E-state index in [-0.39, 0.29) is 24.6 Å². The highest BCUT2D eigenvalue weighted by Crippen LogP contribution is 2.43. The Labute approximate surface area is 354 Å². The summed E-state index contributed by atoms with van der Waals surface area (Å²) in [4.78, 5) is 28.4. The predicted octanol–water partition coefficient (Wildman–Crippen LogP) is 10.8. The maximum Gasteiger partial charge on any atom is 0.264 e. The van der Waals surface area contributed by atoms with Gasteiger partial charge in [0.2, 0.25) is 5.91 Å². The lowest BCUT2D eigenvalue weighted by Gasteiger charge is -2.31. The molecule has 59 heavy (non-hydrogen) atoms. The van der Waals surface area contributed by atoms with Crippen molar-refractivity contribution in [2.45, 2.75) is 138 Å². The number of aryl methyl sites for hydroxylation is 1. The molecule has 12 heteroatoms. The molecule has 1 heterocycles. The van der Waals surface area contributed by atoms with Crippen molar-refractivity contribution in [3.05, 3.63) is 58.9 Å². The van der Waals surface area contributed by atoms with Gasteiger partial charge in [0.25, 0.3) is 6.43 Å². The Morgan fingerprint density at radius 3 is 1.97 bits per heavy atom. The third kappa shape index (κ3) is 18.7. The number of aromatic nitrogens is 2. The molecule has 10 nitrogen and oxygen atoms in total. The van der Waals surface area contributed by atoms with Crippen LogP contribution in [0.25, 0.3) is 17.2 Å². The number of halogens is 2. The number of aldehydes is 1. The zero-order valence-corrected chi connectivity index (χ0v) is 37.6. The van der Waals surface area contributed by atoms with Crippen LogP contribution in [0.2, 0.25) is 0 Å². The molecule has 0 saturated heterocycles. The van der Waals surface area contributed by atoms with Gasteiger partial charge in [0.1, 0.15) is 18.6 Å². The number of alkyl halides is 2. The second-order valence-electron chi connectivity index (χ2n) is 14.7. The van der Waals surface area contributed by atoms with Crippen molar-refractivity contribution < 1.29 is 33.3 Å². The van der Waals surface area contributed by atoms with Crippen LogP contribution in [-0.2, 0) is 16.1 Å². The number of amides is 1. The normalized spacial score (nSPS) is 11.1. The molecule has 0 aliphatic carbocycles. The zero-order valence-electron chi connectivity index (χ0n) is 37.6. The number of hydrogen-bond acceptors (Lipinski definition) is 8. The van der Waals surface area contributed by atoms with Gasteiger partial charge in [-0.3, -0.25) is 14.3 Å². The number of carbonyl (C=O) groups is 2. The van der Waals surface area contributed by atoms with Crippen LogP contribution >= 0.6 is 0 Å². The van der Waals surface area contributed by atoms with Gasteiger partial charge in [-0.2, -0.15) is 5.10 Å². The molecule has 0 radical (unpaired) electrons. The minimum atomic E-state index is -2.76. The summed E-state index contributed by atoms with van der Waals surface area (Å²) < 4.78 is 36.9. The topological polar surface area (TPSA) is 120 Å². The van der Waals surface area contributed by atoms with Crippen molar-refractivity contribution in [3.8, 4) is 16.9 Å². The molecule has 3 N–H and O–H groups in total. The second kappa shape index (κ2) is 30.7. The first kappa shape index (κ1) is 52.7. The number of anilines is 3. The average molecular weight is 828 g/mol. The molecule has 0 aliphatic heterocycles. The van der Waals surface area contributed by atoms with Gasteiger partial charge in [-0.25, -0.2) is 8.78 Å². The Morgan fingerprint density at radius 2 is 1.46 bits per heavy atom. The van der Waals surface area contributed by atoms with E-state index in [1.54, 1.807) is 39.3 Å². The van der Waals surface area contributed by atoms with Crippen molar-refractivity contribution in [1.82, 2.24) is 15.1 Å². The minimum Gasteiger partial charge on any atom is -0.497 e. The summed E-state index contributed by atoms with van der Waals surface area (Å²) in [7, 11) is 5.40. The SMILES string of the molecule is CC.CCCN(c1cc(C(F)F)c(-c2cnn(CC(=O)NCCCCCCCCCCCCCCO)c2)cc1C)c1cc(OC)cc(N(C)C)c1/C=C(/C)C=O.CCO. The van der Waals surface area contributed by atoms with E-state index in [0.717, 1.165) is 67.3 Å². The quantitative estimate of drug-likeness (QED) is 0.0416. The Bertz CT molecular complexity index is 1660. The summed E-state index contributed by atoms with van der Waals surface area (Å²) in [6.45, 7) is 13.0. The molecule has 0 unspecified atom stereocenters. The highest BCUT2D eigenvalue weighted by Gasteiger charge is 2.24. The van der Waals surface area contributed by atoms with Crippen LogP contribution in [0.15, 0.2) is 42.2 Å². The van der Waals surface area contributed by atoms with Gasteiger partial charge in [-0.05, 0) is 74.9 Å². The second-order valence-corrected chi connectivity index (χ2v) is 14.7. The number of nitrogens with one attached hydrogen (secondary N) is 1.